The van der Waals surface area contributed by atoms with E-state index in [0.717, 1.165) is 11.5 Å². The van der Waals surface area contributed by atoms with Crippen LogP contribution in [0.2, 0.25) is 0 Å². The maximum atomic E-state index is 12.0. The molecule has 1 aliphatic carbocycles. The highest BCUT2D eigenvalue weighted by atomic mass is 16.3. The maximum absolute atomic E-state index is 12.0. The number of hydrogen-bond donors (Lipinski definition) is 1. The van der Waals surface area contributed by atoms with Gasteiger partial charge < -0.3 is 9.32 Å². The molecule has 0 bridgehead atoms. The average Bonchev–Trinajstić information content (AvgIpc) is 2.88. The van der Waals surface area contributed by atoms with Gasteiger partial charge in [0.25, 0.3) is 5.91 Å². The third-order valence-corrected chi connectivity index (χ3v) is 3.53. The SMILES string of the molecule is CC1CC1c1ccc(CN(C)C(=O)c2cn[nH]n2)o1. The van der Waals surface area contributed by atoms with Gasteiger partial charge in [0.05, 0.1) is 12.7 Å². The monoisotopic (exact) mass is 260 g/mol. The number of hydrogen-bond acceptors (Lipinski definition) is 4. The Kier molecular flexibility index (Phi) is 2.85. The lowest BCUT2D eigenvalue weighted by Crippen LogP contribution is -2.26. The molecule has 0 saturated heterocycles. The minimum absolute atomic E-state index is 0.175. The second-order valence-electron chi connectivity index (χ2n) is 5.14. The fourth-order valence-electron chi connectivity index (χ4n) is 2.20. The summed E-state index contributed by atoms with van der Waals surface area (Å²) in [5.41, 5.74) is 0.310. The summed E-state index contributed by atoms with van der Waals surface area (Å²) >= 11 is 0. The van der Waals surface area contributed by atoms with Crippen LogP contribution in [0.3, 0.4) is 0 Å². The maximum Gasteiger partial charge on any atom is 0.276 e. The van der Waals surface area contributed by atoms with Crippen molar-refractivity contribution < 1.29 is 9.21 Å². The zero-order valence-electron chi connectivity index (χ0n) is 11.0. The molecule has 1 aliphatic rings. The number of nitrogens with one attached hydrogen (secondary N) is 1. The van der Waals surface area contributed by atoms with Crippen LogP contribution in [0.4, 0.5) is 0 Å². The van der Waals surface area contributed by atoms with E-state index >= 15 is 0 Å². The van der Waals surface area contributed by atoms with Crippen LogP contribution >= 0.6 is 0 Å². The number of aromatic amines is 1. The number of carbonyl (C=O) groups is 1. The Morgan fingerprint density at radius 3 is 3.00 bits per heavy atom. The molecular weight excluding hydrogens is 244 g/mol. The molecule has 2 atom stereocenters. The van der Waals surface area contributed by atoms with E-state index in [1.165, 1.54) is 12.6 Å². The third kappa shape index (κ3) is 2.38. The largest absolute Gasteiger partial charge is 0.464 e. The van der Waals surface area contributed by atoms with E-state index in [2.05, 4.69) is 22.3 Å². The van der Waals surface area contributed by atoms with Crippen molar-refractivity contribution in [3.8, 4) is 0 Å². The fraction of sp³-hybridized carbons (Fsp3) is 0.462. The van der Waals surface area contributed by atoms with Crippen LogP contribution < -0.4 is 0 Å². The molecule has 0 aliphatic heterocycles. The first kappa shape index (κ1) is 12.0. The second kappa shape index (κ2) is 4.53. The van der Waals surface area contributed by atoms with Crippen molar-refractivity contribution in [2.24, 2.45) is 5.92 Å². The zero-order valence-corrected chi connectivity index (χ0v) is 11.0. The summed E-state index contributed by atoms with van der Waals surface area (Å²) in [6, 6.07) is 3.95. The molecule has 1 fully saturated rings. The van der Waals surface area contributed by atoms with Gasteiger partial charge in [-0.3, -0.25) is 4.79 Å². The predicted octanol–water partition coefficient (Wildman–Crippen LogP) is 1.79. The first-order chi connectivity index (χ1) is 9.15. The Morgan fingerprint density at radius 2 is 2.37 bits per heavy atom. The number of amides is 1. The first-order valence-corrected chi connectivity index (χ1v) is 6.35. The summed E-state index contributed by atoms with van der Waals surface area (Å²) < 4.78 is 5.78. The van der Waals surface area contributed by atoms with E-state index < -0.39 is 0 Å². The minimum Gasteiger partial charge on any atom is -0.464 e. The second-order valence-corrected chi connectivity index (χ2v) is 5.14. The molecule has 6 nitrogen and oxygen atoms in total. The van der Waals surface area contributed by atoms with E-state index in [0.29, 0.717) is 24.1 Å². The van der Waals surface area contributed by atoms with Crippen LogP contribution in [0.1, 0.15) is 41.3 Å². The van der Waals surface area contributed by atoms with Gasteiger partial charge in [0, 0.05) is 13.0 Å². The molecule has 3 rings (SSSR count). The van der Waals surface area contributed by atoms with Gasteiger partial charge in [-0.15, -0.1) is 0 Å². The summed E-state index contributed by atoms with van der Waals surface area (Å²) in [6.07, 6.45) is 2.61. The molecule has 100 valence electrons. The minimum atomic E-state index is -0.175. The van der Waals surface area contributed by atoms with E-state index in [4.69, 9.17) is 4.42 Å². The van der Waals surface area contributed by atoms with Crippen LogP contribution in [0.5, 0.6) is 0 Å². The standard InChI is InChI=1S/C13H16N4O2/c1-8-5-10(8)12-4-3-9(19-12)7-17(2)13(18)11-6-14-16-15-11/h3-4,6,8,10H,5,7H2,1-2H3,(H,14,15,16). The zero-order chi connectivity index (χ0) is 13.4. The molecule has 19 heavy (non-hydrogen) atoms. The van der Waals surface area contributed by atoms with Crippen molar-refractivity contribution in [1.29, 1.82) is 0 Å². The number of H-pyrrole nitrogens is 1. The number of nitrogens with zero attached hydrogens (tertiary/aromatic N) is 3. The van der Waals surface area contributed by atoms with Gasteiger partial charge in [-0.05, 0) is 24.5 Å². The molecule has 0 radical (unpaired) electrons. The van der Waals surface area contributed by atoms with Crippen molar-refractivity contribution in [3.63, 3.8) is 0 Å². The smallest absolute Gasteiger partial charge is 0.276 e. The summed E-state index contributed by atoms with van der Waals surface area (Å²) in [4.78, 5) is 13.5. The number of rotatable bonds is 4. The first-order valence-electron chi connectivity index (χ1n) is 6.35. The molecule has 1 N–H and O–H groups in total. The molecule has 6 heteroatoms. The molecule has 2 unspecified atom stereocenters. The Labute approximate surface area is 110 Å². The summed E-state index contributed by atoms with van der Waals surface area (Å²) in [5, 5.41) is 9.83. The topological polar surface area (TPSA) is 75.0 Å². The lowest BCUT2D eigenvalue weighted by Gasteiger charge is -2.13. The average molecular weight is 260 g/mol. The van der Waals surface area contributed by atoms with E-state index in [1.807, 2.05) is 12.1 Å². The lowest BCUT2D eigenvalue weighted by molar-refractivity contribution is 0.0769. The van der Waals surface area contributed by atoms with Crippen LogP contribution in [-0.2, 0) is 6.54 Å². The van der Waals surface area contributed by atoms with Gasteiger partial charge in [0.2, 0.25) is 0 Å². The highest BCUT2D eigenvalue weighted by Crippen LogP contribution is 2.47. The van der Waals surface area contributed by atoms with Crippen LogP contribution in [0.25, 0.3) is 0 Å². The Balaban J connectivity index is 1.64. The molecule has 2 aromatic heterocycles. The number of carbonyl (C=O) groups excluding carboxylic acids is 1. The number of furan rings is 1. The van der Waals surface area contributed by atoms with Gasteiger partial charge >= 0.3 is 0 Å². The van der Waals surface area contributed by atoms with Gasteiger partial charge in [-0.1, -0.05) is 6.92 Å². The lowest BCUT2D eigenvalue weighted by atomic mass is 10.3. The van der Waals surface area contributed by atoms with Crippen molar-refractivity contribution in [2.75, 3.05) is 7.05 Å². The Hall–Kier alpha value is -2.11. The van der Waals surface area contributed by atoms with Crippen molar-refractivity contribution in [1.82, 2.24) is 20.3 Å². The van der Waals surface area contributed by atoms with Gasteiger partial charge in [-0.2, -0.15) is 15.4 Å². The van der Waals surface area contributed by atoms with Crippen molar-refractivity contribution >= 4 is 5.91 Å². The fourth-order valence-corrected chi connectivity index (χ4v) is 2.20. The van der Waals surface area contributed by atoms with Gasteiger partial charge in [0.1, 0.15) is 11.5 Å². The molecule has 0 aromatic carbocycles. The summed E-state index contributed by atoms with van der Waals surface area (Å²) in [6.45, 7) is 2.65. The van der Waals surface area contributed by atoms with Crippen molar-refractivity contribution in [2.45, 2.75) is 25.8 Å². The van der Waals surface area contributed by atoms with E-state index in [1.54, 1.807) is 11.9 Å². The van der Waals surface area contributed by atoms with Crippen LogP contribution in [0, 0.1) is 5.92 Å². The van der Waals surface area contributed by atoms with Gasteiger partial charge in [-0.25, -0.2) is 0 Å². The quantitative estimate of drug-likeness (QED) is 0.909. The van der Waals surface area contributed by atoms with Crippen LogP contribution in [-0.4, -0.2) is 33.3 Å². The third-order valence-electron chi connectivity index (χ3n) is 3.53. The highest BCUT2D eigenvalue weighted by Gasteiger charge is 2.36. The Bertz CT molecular complexity index is 575. The van der Waals surface area contributed by atoms with Crippen LogP contribution in [0.15, 0.2) is 22.7 Å². The molecule has 2 aromatic rings. The van der Waals surface area contributed by atoms with Gasteiger partial charge in [0.15, 0.2) is 5.69 Å². The molecular formula is C13H16N4O2. The molecule has 1 saturated carbocycles. The van der Waals surface area contributed by atoms with Crippen molar-refractivity contribution in [3.05, 3.63) is 35.5 Å². The number of aromatic nitrogens is 3. The molecule has 1 amide bonds. The molecule has 2 heterocycles. The normalized spacial score (nSPS) is 21.4. The summed E-state index contributed by atoms with van der Waals surface area (Å²) in [7, 11) is 1.72. The van der Waals surface area contributed by atoms with E-state index in [-0.39, 0.29) is 5.91 Å². The van der Waals surface area contributed by atoms with E-state index in [9.17, 15) is 4.79 Å². The Morgan fingerprint density at radius 1 is 1.58 bits per heavy atom. The highest BCUT2D eigenvalue weighted by molar-refractivity contribution is 5.91. The summed E-state index contributed by atoms with van der Waals surface area (Å²) in [5.74, 6) is 2.93. The molecule has 0 spiro atoms. The predicted molar refractivity (Wildman–Crippen MR) is 67.4 cm³/mol.